The van der Waals surface area contributed by atoms with E-state index in [4.69, 9.17) is 10.5 Å². The van der Waals surface area contributed by atoms with Crippen LogP contribution in [0.1, 0.15) is 33.6 Å². The van der Waals surface area contributed by atoms with Crippen LogP contribution in [0.2, 0.25) is 0 Å². The normalized spacial score (nSPS) is 12.7. The third-order valence-corrected chi connectivity index (χ3v) is 2.18. The van der Waals surface area contributed by atoms with Crippen LogP contribution in [0.4, 0.5) is 4.79 Å². The Morgan fingerprint density at radius 1 is 1.33 bits per heavy atom. The highest BCUT2D eigenvalue weighted by molar-refractivity contribution is 5.74. The number of alkyl carbamates (subject to hydrolysis) is 1. The van der Waals surface area contributed by atoms with Gasteiger partial charge in [0, 0.05) is 6.54 Å². The number of carbonyl (C=O) groups excluding carboxylic acids is 2. The van der Waals surface area contributed by atoms with Gasteiger partial charge in [-0.05, 0) is 40.2 Å². The van der Waals surface area contributed by atoms with E-state index in [9.17, 15) is 9.59 Å². The van der Waals surface area contributed by atoms with Gasteiger partial charge in [0.05, 0.1) is 13.0 Å². The molecule has 0 heterocycles. The number of carbonyl (C=O) groups is 2. The van der Waals surface area contributed by atoms with Crippen LogP contribution in [-0.2, 0) is 14.3 Å². The zero-order valence-corrected chi connectivity index (χ0v) is 11.6. The number of hydrogen-bond donors (Lipinski definition) is 2. The van der Waals surface area contributed by atoms with E-state index in [1.54, 1.807) is 20.8 Å². The average molecular weight is 260 g/mol. The van der Waals surface area contributed by atoms with Crippen LogP contribution in [-0.4, -0.2) is 37.9 Å². The molecular formula is C12H24N2O4. The van der Waals surface area contributed by atoms with Gasteiger partial charge in [-0.15, -0.1) is 0 Å². The van der Waals surface area contributed by atoms with Crippen molar-refractivity contribution in [2.75, 3.05) is 20.2 Å². The summed E-state index contributed by atoms with van der Waals surface area (Å²) in [6, 6.07) is 0. The van der Waals surface area contributed by atoms with Crippen molar-refractivity contribution in [1.82, 2.24) is 5.32 Å². The lowest BCUT2D eigenvalue weighted by molar-refractivity contribution is -0.145. The fourth-order valence-corrected chi connectivity index (χ4v) is 1.35. The molecule has 6 heteroatoms. The Kier molecular flexibility index (Phi) is 7.35. The quantitative estimate of drug-likeness (QED) is 0.696. The summed E-state index contributed by atoms with van der Waals surface area (Å²) in [6.45, 7) is 6.03. The zero-order chi connectivity index (χ0) is 14.2. The molecule has 1 unspecified atom stereocenters. The molecule has 0 aromatic rings. The van der Waals surface area contributed by atoms with Gasteiger partial charge in [0.15, 0.2) is 0 Å². The lowest BCUT2D eigenvalue weighted by atomic mass is 10.0. The molecule has 3 N–H and O–H groups in total. The number of amides is 1. The van der Waals surface area contributed by atoms with Crippen LogP contribution in [0.3, 0.4) is 0 Å². The van der Waals surface area contributed by atoms with Crippen LogP contribution < -0.4 is 11.1 Å². The lowest BCUT2D eigenvalue weighted by Gasteiger charge is -2.21. The van der Waals surface area contributed by atoms with E-state index in [1.165, 1.54) is 7.11 Å². The van der Waals surface area contributed by atoms with E-state index >= 15 is 0 Å². The van der Waals surface area contributed by atoms with E-state index in [0.29, 0.717) is 19.4 Å². The highest BCUT2D eigenvalue weighted by atomic mass is 16.6. The van der Waals surface area contributed by atoms with Crippen molar-refractivity contribution < 1.29 is 19.1 Å². The molecule has 0 aliphatic rings. The summed E-state index contributed by atoms with van der Waals surface area (Å²) in [7, 11) is 1.32. The SMILES string of the molecule is COC(=O)C(CCCN)CNC(=O)OC(C)(C)C. The summed E-state index contributed by atoms with van der Waals surface area (Å²) in [4.78, 5) is 22.9. The minimum atomic E-state index is -0.553. The van der Waals surface area contributed by atoms with Gasteiger partial charge in [0.1, 0.15) is 5.60 Å². The van der Waals surface area contributed by atoms with Gasteiger partial charge in [-0.3, -0.25) is 4.79 Å². The van der Waals surface area contributed by atoms with Gasteiger partial charge in [-0.25, -0.2) is 4.79 Å². The molecule has 0 rings (SSSR count). The minimum absolute atomic E-state index is 0.196. The van der Waals surface area contributed by atoms with Gasteiger partial charge in [0.2, 0.25) is 0 Å². The molecule has 0 fully saturated rings. The molecule has 1 atom stereocenters. The van der Waals surface area contributed by atoms with Gasteiger partial charge in [-0.2, -0.15) is 0 Å². The van der Waals surface area contributed by atoms with Crippen molar-refractivity contribution in [3.63, 3.8) is 0 Å². The van der Waals surface area contributed by atoms with Gasteiger partial charge >= 0.3 is 12.1 Å². The Hall–Kier alpha value is -1.30. The molecule has 0 spiro atoms. The number of nitrogens with one attached hydrogen (secondary N) is 1. The Morgan fingerprint density at radius 3 is 2.39 bits per heavy atom. The first-order valence-electron chi connectivity index (χ1n) is 6.05. The second-order valence-corrected chi connectivity index (χ2v) is 5.03. The third kappa shape index (κ3) is 7.89. The van der Waals surface area contributed by atoms with Crippen LogP contribution in [0.5, 0.6) is 0 Å². The fourth-order valence-electron chi connectivity index (χ4n) is 1.35. The molecule has 18 heavy (non-hydrogen) atoms. The first-order valence-corrected chi connectivity index (χ1v) is 6.05. The molecule has 106 valence electrons. The predicted octanol–water partition coefficient (Wildman–Crippen LogP) is 1.04. The third-order valence-electron chi connectivity index (χ3n) is 2.18. The van der Waals surface area contributed by atoms with Crippen molar-refractivity contribution in [2.45, 2.75) is 39.2 Å². The van der Waals surface area contributed by atoms with Crippen LogP contribution in [0.15, 0.2) is 0 Å². The molecule has 0 aliphatic carbocycles. The predicted molar refractivity (Wildman–Crippen MR) is 68.0 cm³/mol. The Bertz CT molecular complexity index is 274. The van der Waals surface area contributed by atoms with Crippen molar-refractivity contribution in [1.29, 1.82) is 0 Å². The Balaban J connectivity index is 4.17. The maximum absolute atomic E-state index is 11.5. The van der Waals surface area contributed by atoms with Crippen LogP contribution in [0.25, 0.3) is 0 Å². The van der Waals surface area contributed by atoms with Gasteiger partial charge in [-0.1, -0.05) is 0 Å². The van der Waals surface area contributed by atoms with Crippen molar-refractivity contribution in [3.05, 3.63) is 0 Å². The summed E-state index contributed by atoms with van der Waals surface area (Å²) >= 11 is 0. The van der Waals surface area contributed by atoms with Crippen molar-refractivity contribution in [2.24, 2.45) is 11.7 Å². The molecule has 0 radical (unpaired) electrons. The zero-order valence-electron chi connectivity index (χ0n) is 11.6. The molecule has 0 aliphatic heterocycles. The van der Waals surface area contributed by atoms with Crippen LogP contribution >= 0.6 is 0 Å². The first kappa shape index (κ1) is 16.7. The topological polar surface area (TPSA) is 90.6 Å². The molecule has 1 amide bonds. The molecular weight excluding hydrogens is 236 g/mol. The number of esters is 1. The number of methoxy groups -OCH3 is 1. The second-order valence-electron chi connectivity index (χ2n) is 5.03. The molecule has 0 saturated heterocycles. The van der Waals surface area contributed by atoms with E-state index in [0.717, 1.165) is 0 Å². The lowest BCUT2D eigenvalue weighted by Crippen LogP contribution is -2.37. The fraction of sp³-hybridized carbons (Fsp3) is 0.833. The van der Waals surface area contributed by atoms with Gasteiger partial charge < -0.3 is 20.5 Å². The van der Waals surface area contributed by atoms with E-state index in [2.05, 4.69) is 10.1 Å². The Morgan fingerprint density at radius 2 is 1.94 bits per heavy atom. The number of ether oxygens (including phenoxy) is 2. The molecule has 0 aromatic heterocycles. The molecule has 0 saturated carbocycles. The number of rotatable bonds is 6. The molecule has 0 aromatic carbocycles. The highest BCUT2D eigenvalue weighted by Crippen LogP contribution is 2.09. The number of nitrogens with two attached hydrogens (primary N) is 1. The van der Waals surface area contributed by atoms with Gasteiger partial charge in [0.25, 0.3) is 0 Å². The van der Waals surface area contributed by atoms with E-state index < -0.39 is 11.7 Å². The summed E-state index contributed by atoms with van der Waals surface area (Å²) in [5, 5.41) is 2.56. The van der Waals surface area contributed by atoms with Crippen molar-refractivity contribution in [3.8, 4) is 0 Å². The molecule has 6 nitrogen and oxygen atoms in total. The summed E-state index contributed by atoms with van der Waals surface area (Å²) < 4.78 is 9.75. The Labute approximate surface area is 108 Å². The average Bonchev–Trinajstić information content (AvgIpc) is 2.26. The monoisotopic (exact) mass is 260 g/mol. The van der Waals surface area contributed by atoms with Crippen molar-refractivity contribution >= 4 is 12.1 Å². The standard InChI is InChI=1S/C12H24N2O4/c1-12(2,3)18-11(16)14-8-9(6-5-7-13)10(15)17-4/h9H,5-8,13H2,1-4H3,(H,14,16). The first-order chi connectivity index (χ1) is 8.30. The highest BCUT2D eigenvalue weighted by Gasteiger charge is 2.21. The minimum Gasteiger partial charge on any atom is -0.469 e. The maximum Gasteiger partial charge on any atom is 0.407 e. The number of hydrogen-bond acceptors (Lipinski definition) is 5. The summed E-state index contributed by atoms with van der Waals surface area (Å²) in [6.07, 6.45) is 0.749. The van der Waals surface area contributed by atoms with Crippen LogP contribution in [0, 0.1) is 5.92 Å². The molecule has 0 bridgehead atoms. The van der Waals surface area contributed by atoms with E-state index in [-0.39, 0.29) is 18.4 Å². The summed E-state index contributed by atoms with van der Waals surface area (Å²) in [5.41, 5.74) is 4.84. The maximum atomic E-state index is 11.5. The second kappa shape index (κ2) is 7.92. The largest absolute Gasteiger partial charge is 0.469 e. The smallest absolute Gasteiger partial charge is 0.407 e. The van der Waals surface area contributed by atoms with E-state index in [1.807, 2.05) is 0 Å². The summed E-state index contributed by atoms with van der Waals surface area (Å²) in [5.74, 6) is -0.731.